The fraction of sp³-hybridized carbons (Fsp3) is 0.480. The number of hydrogen-bond donors (Lipinski definition) is 1. The van der Waals surface area contributed by atoms with Gasteiger partial charge in [-0.15, -0.1) is 11.3 Å². The number of amides is 1. The molecule has 5 nitrogen and oxygen atoms in total. The number of carbonyl (C=O) groups is 1. The van der Waals surface area contributed by atoms with Crippen molar-refractivity contribution in [3.05, 3.63) is 56.4 Å². The summed E-state index contributed by atoms with van der Waals surface area (Å²) in [6, 6.07) is 6.17. The van der Waals surface area contributed by atoms with E-state index < -0.39 is 0 Å². The Labute approximate surface area is 187 Å². The molecule has 2 heterocycles. The molecule has 1 aliphatic rings. The standard InChI is InChI=1S/C25H31N3O2S/c1-14(2)17-7-6-8-18(15(3)4)23(17)27-21(29)12-28-13-26-24-22(25(28)30)19-10-9-16(5)11-20(19)31-24/h6-8,13-16H,9-12H2,1-5H3,(H,27,29)/t16-/m1/s1. The van der Waals surface area contributed by atoms with Gasteiger partial charge in [-0.2, -0.15) is 0 Å². The maximum absolute atomic E-state index is 13.2. The summed E-state index contributed by atoms with van der Waals surface area (Å²) in [4.78, 5) is 32.8. The first-order valence-corrected chi connectivity index (χ1v) is 12.0. The van der Waals surface area contributed by atoms with Crippen molar-refractivity contribution in [2.45, 2.75) is 72.3 Å². The van der Waals surface area contributed by atoms with E-state index in [0.29, 0.717) is 11.3 Å². The molecule has 1 aromatic carbocycles. The zero-order chi connectivity index (χ0) is 22.3. The van der Waals surface area contributed by atoms with Crippen LogP contribution in [0, 0.1) is 5.92 Å². The predicted molar refractivity (Wildman–Crippen MR) is 128 cm³/mol. The van der Waals surface area contributed by atoms with Crippen molar-refractivity contribution in [3.8, 4) is 0 Å². The summed E-state index contributed by atoms with van der Waals surface area (Å²) >= 11 is 1.63. The molecule has 0 bridgehead atoms. The monoisotopic (exact) mass is 437 g/mol. The molecule has 0 fully saturated rings. The molecule has 6 heteroatoms. The molecule has 0 unspecified atom stereocenters. The first kappa shape index (κ1) is 21.8. The number of hydrogen-bond acceptors (Lipinski definition) is 4. The predicted octanol–water partition coefficient (Wildman–Crippen LogP) is 5.47. The van der Waals surface area contributed by atoms with Gasteiger partial charge in [0, 0.05) is 10.6 Å². The molecule has 31 heavy (non-hydrogen) atoms. The van der Waals surface area contributed by atoms with Crippen LogP contribution in [-0.4, -0.2) is 15.5 Å². The largest absolute Gasteiger partial charge is 0.324 e. The Morgan fingerprint density at radius 3 is 2.55 bits per heavy atom. The van der Waals surface area contributed by atoms with Gasteiger partial charge < -0.3 is 5.32 Å². The van der Waals surface area contributed by atoms with E-state index in [2.05, 4.69) is 57.1 Å². The molecule has 0 saturated carbocycles. The molecule has 3 aromatic rings. The van der Waals surface area contributed by atoms with Gasteiger partial charge in [0.05, 0.1) is 11.7 Å². The van der Waals surface area contributed by atoms with Crippen molar-refractivity contribution in [2.24, 2.45) is 5.92 Å². The Morgan fingerprint density at radius 2 is 1.90 bits per heavy atom. The van der Waals surface area contributed by atoms with Crippen molar-refractivity contribution >= 4 is 33.1 Å². The number of anilines is 1. The van der Waals surface area contributed by atoms with Crippen molar-refractivity contribution in [1.29, 1.82) is 0 Å². The highest BCUT2D eigenvalue weighted by Gasteiger charge is 2.24. The smallest absolute Gasteiger partial charge is 0.262 e. The third-order valence-corrected chi connectivity index (χ3v) is 7.40. The molecule has 0 radical (unpaired) electrons. The molecule has 0 spiro atoms. The average Bonchev–Trinajstić information content (AvgIpc) is 3.08. The van der Waals surface area contributed by atoms with Gasteiger partial charge in [0.2, 0.25) is 5.91 Å². The quantitative estimate of drug-likeness (QED) is 0.576. The van der Waals surface area contributed by atoms with E-state index in [0.717, 1.165) is 46.5 Å². The highest BCUT2D eigenvalue weighted by molar-refractivity contribution is 7.18. The molecular weight excluding hydrogens is 406 g/mol. The van der Waals surface area contributed by atoms with Crippen LogP contribution in [-0.2, 0) is 24.2 Å². The number of aryl methyl sites for hydroxylation is 1. The Kier molecular flexibility index (Phi) is 6.02. The fourth-order valence-electron chi connectivity index (χ4n) is 4.51. The second kappa shape index (κ2) is 8.58. The summed E-state index contributed by atoms with van der Waals surface area (Å²) in [5.41, 5.74) is 4.15. The summed E-state index contributed by atoms with van der Waals surface area (Å²) in [5.74, 6) is 1.02. The lowest BCUT2D eigenvalue weighted by atomic mass is 9.89. The van der Waals surface area contributed by atoms with E-state index in [4.69, 9.17) is 0 Å². The van der Waals surface area contributed by atoms with E-state index in [-0.39, 0.29) is 29.8 Å². The fourth-order valence-corrected chi connectivity index (χ4v) is 5.85. The van der Waals surface area contributed by atoms with Crippen molar-refractivity contribution in [3.63, 3.8) is 0 Å². The van der Waals surface area contributed by atoms with Gasteiger partial charge in [0.15, 0.2) is 0 Å². The van der Waals surface area contributed by atoms with E-state index >= 15 is 0 Å². The van der Waals surface area contributed by atoms with Crippen LogP contribution >= 0.6 is 11.3 Å². The highest BCUT2D eigenvalue weighted by Crippen LogP contribution is 2.35. The van der Waals surface area contributed by atoms with Gasteiger partial charge in [-0.1, -0.05) is 52.8 Å². The number of nitrogens with zero attached hydrogens (tertiary/aromatic N) is 2. The van der Waals surface area contributed by atoms with Gasteiger partial charge in [0.1, 0.15) is 11.4 Å². The molecule has 4 rings (SSSR count). The van der Waals surface area contributed by atoms with Crippen molar-refractivity contribution < 1.29 is 4.79 Å². The zero-order valence-electron chi connectivity index (χ0n) is 19.0. The van der Waals surface area contributed by atoms with Gasteiger partial charge in [0.25, 0.3) is 5.56 Å². The van der Waals surface area contributed by atoms with Gasteiger partial charge in [-0.3, -0.25) is 14.2 Å². The lowest BCUT2D eigenvalue weighted by Gasteiger charge is -2.20. The summed E-state index contributed by atoms with van der Waals surface area (Å²) in [7, 11) is 0. The van der Waals surface area contributed by atoms with Crippen LogP contribution in [0.5, 0.6) is 0 Å². The summed E-state index contributed by atoms with van der Waals surface area (Å²) in [6.45, 7) is 10.7. The molecule has 164 valence electrons. The van der Waals surface area contributed by atoms with E-state index in [1.54, 1.807) is 11.3 Å². The van der Waals surface area contributed by atoms with Gasteiger partial charge in [-0.05, 0) is 53.7 Å². The van der Waals surface area contributed by atoms with Crippen LogP contribution in [0.2, 0.25) is 0 Å². The van der Waals surface area contributed by atoms with E-state index in [9.17, 15) is 9.59 Å². The topological polar surface area (TPSA) is 64.0 Å². The van der Waals surface area contributed by atoms with Crippen LogP contribution in [0.4, 0.5) is 5.69 Å². The zero-order valence-corrected chi connectivity index (χ0v) is 19.8. The molecule has 0 aliphatic heterocycles. The second-order valence-corrected chi connectivity index (χ2v) is 10.5. The number of nitrogens with one attached hydrogen (secondary N) is 1. The first-order chi connectivity index (χ1) is 14.8. The number of thiophene rings is 1. The minimum Gasteiger partial charge on any atom is -0.324 e. The first-order valence-electron chi connectivity index (χ1n) is 11.2. The molecule has 1 N–H and O–H groups in total. The van der Waals surface area contributed by atoms with Gasteiger partial charge in [-0.25, -0.2) is 4.98 Å². The summed E-state index contributed by atoms with van der Waals surface area (Å²) < 4.78 is 1.45. The number of rotatable bonds is 5. The molecule has 0 saturated heterocycles. The van der Waals surface area contributed by atoms with Crippen LogP contribution in [0.1, 0.15) is 74.4 Å². The highest BCUT2D eigenvalue weighted by atomic mass is 32.1. The van der Waals surface area contributed by atoms with Gasteiger partial charge >= 0.3 is 0 Å². The lowest BCUT2D eigenvalue weighted by molar-refractivity contribution is -0.116. The summed E-state index contributed by atoms with van der Waals surface area (Å²) in [5, 5.41) is 3.82. The third-order valence-electron chi connectivity index (χ3n) is 6.23. The van der Waals surface area contributed by atoms with Crippen molar-refractivity contribution in [1.82, 2.24) is 9.55 Å². The molecule has 1 atom stereocenters. The molecular formula is C25H31N3O2S. The number of aromatic nitrogens is 2. The van der Waals surface area contributed by atoms with E-state index in [1.807, 2.05) is 6.07 Å². The van der Waals surface area contributed by atoms with Crippen molar-refractivity contribution in [2.75, 3.05) is 5.32 Å². The lowest BCUT2D eigenvalue weighted by Crippen LogP contribution is -2.29. The molecule has 1 aliphatic carbocycles. The third kappa shape index (κ3) is 4.18. The Balaban J connectivity index is 1.65. The Bertz CT molecular complexity index is 1160. The van der Waals surface area contributed by atoms with Crippen LogP contribution < -0.4 is 10.9 Å². The maximum Gasteiger partial charge on any atom is 0.262 e. The number of para-hydroxylation sites is 1. The number of fused-ring (bicyclic) bond motifs is 3. The number of carbonyl (C=O) groups excluding carboxylic acids is 1. The van der Waals surface area contributed by atoms with Crippen LogP contribution in [0.3, 0.4) is 0 Å². The second-order valence-electron chi connectivity index (χ2n) is 9.38. The Morgan fingerprint density at radius 1 is 1.23 bits per heavy atom. The maximum atomic E-state index is 13.2. The average molecular weight is 438 g/mol. The van der Waals surface area contributed by atoms with Crippen LogP contribution in [0.15, 0.2) is 29.3 Å². The minimum atomic E-state index is -0.198. The number of benzene rings is 1. The summed E-state index contributed by atoms with van der Waals surface area (Å²) in [6.07, 6.45) is 4.55. The minimum absolute atomic E-state index is 0.0350. The Hall–Kier alpha value is -2.47. The van der Waals surface area contributed by atoms with E-state index in [1.165, 1.54) is 15.8 Å². The normalized spacial score (nSPS) is 16.2. The SMILES string of the molecule is CC(C)c1cccc(C(C)C)c1NC(=O)Cn1cnc2sc3c(c2c1=O)CC[C@@H](C)C3. The van der Waals surface area contributed by atoms with Crippen LogP contribution in [0.25, 0.3) is 10.2 Å². The molecule has 2 aromatic heterocycles. The molecule has 1 amide bonds.